The van der Waals surface area contributed by atoms with E-state index >= 15 is 0 Å². The van der Waals surface area contributed by atoms with Gasteiger partial charge < -0.3 is 14.8 Å². The molecular weight excluding hydrogens is 336 g/mol. The molecule has 140 valence electrons. The average molecular weight is 362 g/mol. The standard InChI is InChI=1S/C22H26N4O/c1-2-13-25-20-12-6-4-10-18(20)24-21(25)15-23-16-22(27)26-14-7-9-17-8-3-5-11-19(17)26/h3-6,8,10-12,23H,2,7,9,13-16H2,1H3. The molecule has 1 N–H and O–H groups in total. The minimum absolute atomic E-state index is 0.125. The van der Waals surface area contributed by atoms with E-state index in [0.29, 0.717) is 13.1 Å². The summed E-state index contributed by atoms with van der Waals surface area (Å²) in [5, 5.41) is 3.31. The van der Waals surface area contributed by atoms with Crippen LogP contribution in [0.5, 0.6) is 0 Å². The lowest BCUT2D eigenvalue weighted by atomic mass is 10.0. The first kappa shape index (κ1) is 17.7. The number of hydrogen-bond donors (Lipinski definition) is 1. The normalized spacial score (nSPS) is 13.7. The highest BCUT2D eigenvalue weighted by molar-refractivity contribution is 5.95. The molecule has 1 aliphatic heterocycles. The Morgan fingerprint density at radius 1 is 1.15 bits per heavy atom. The third-order valence-electron chi connectivity index (χ3n) is 5.15. The summed E-state index contributed by atoms with van der Waals surface area (Å²) < 4.78 is 2.25. The van der Waals surface area contributed by atoms with E-state index in [4.69, 9.17) is 4.98 Å². The zero-order valence-electron chi connectivity index (χ0n) is 15.8. The van der Waals surface area contributed by atoms with E-state index in [0.717, 1.165) is 54.9 Å². The number of benzene rings is 2. The van der Waals surface area contributed by atoms with Crippen molar-refractivity contribution in [3.8, 4) is 0 Å². The Labute approximate surface area is 160 Å². The number of aromatic nitrogens is 2. The molecule has 0 aliphatic carbocycles. The summed E-state index contributed by atoms with van der Waals surface area (Å²) in [4.78, 5) is 19.4. The molecular formula is C22H26N4O. The number of hydrogen-bond acceptors (Lipinski definition) is 3. The van der Waals surface area contributed by atoms with E-state index < -0.39 is 0 Å². The van der Waals surface area contributed by atoms with Crippen LogP contribution in [0.1, 0.15) is 31.2 Å². The molecule has 0 saturated carbocycles. The van der Waals surface area contributed by atoms with Gasteiger partial charge in [0.15, 0.2) is 0 Å². The molecule has 0 fully saturated rings. The predicted octanol–water partition coefficient (Wildman–Crippen LogP) is 3.52. The van der Waals surface area contributed by atoms with Crippen LogP contribution in [0.2, 0.25) is 0 Å². The smallest absolute Gasteiger partial charge is 0.240 e. The van der Waals surface area contributed by atoms with Crippen molar-refractivity contribution >= 4 is 22.6 Å². The lowest BCUT2D eigenvalue weighted by molar-refractivity contribution is -0.117. The van der Waals surface area contributed by atoms with Gasteiger partial charge in [-0.3, -0.25) is 4.79 Å². The molecule has 1 aliphatic rings. The topological polar surface area (TPSA) is 50.2 Å². The summed E-state index contributed by atoms with van der Waals surface area (Å²) in [6.45, 7) is 4.82. The fourth-order valence-corrected chi connectivity index (χ4v) is 3.90. The first-order valence-corrected chi connectivity index (χ1v) is 9.81. The average Bonchev–Trinajstić information content (AvgIpc) is 3.05. The van der Waals surface area contributed by atoms with Crippen molar-refractivity contribution in [3.63, 3.8) is 0 Å². The van der Waals surface area contributed by atoms with Crippen molar-refractivity contribution in [2.75, 3.05) is 18.0 Å². The van der Waals surface area contributed by atoms with Crippen LogP contribution in [0.4, 0.5) is 5.69 Å². The van der Waals surface area contributed by atoms with Gasteiger partial charge in [0.1, 0.15) is 5.82 Å². The van der Waals surface area contributed by atoms with E-state index in [9.17, 15) is 4.79 Å². The van der Waals surface area contributed by atoms with Gasteiger partial charge in [0, 0.05) is 18.8 Å². The van der Waals surface area contributed by atoms with E-state index in [1.54, 1.807) is 0 Å². The summed E-state index contributed by atoms with van der Waals surface area (Å²) in [6.07, 6.45) is 3.13. The molecule has 5 heteroatoms. The van der Waals surface area contributed by atoms with Crippen LogP contribution >= 0.6 is 0 Å². The van der Waals surface area contributed by atoms with Gasteiger partial charge in [-0.25, -0.2) is 4.98 Å². The van der Waals surface area contributed by atoms with Crippen molar-refractivity contribution in [1.82, 2.24) is 14.9 Å². The Hall–Kier alpha value is -2.66. The zero-order chi connectivity index (χ0) is 18.6. The maximum atomic E-state index is 12.8. The summed E-state index contributed by atoms with van der Waals surface area (Å²) in [7, 11) is 0. The van der Waals surface area contributed by atoms with Crippen LogP contribution in [-0.2, 0) is 24.3 Å². The summed E-state index contributed by atoms with van der Waals surface area (Å²) in [5.41, 5.74) is 4.50. The Bertz CT molecular complexity index is 946. The van der Waals surface area contributed by atoms with Crippen molar-refractivity contribution in [3.05, 3.63) is 59.9 Å². The molecule has 0 bridgehead atoms. The maximum Gasteiger partial charge on any atom is 0.240 e. The molecule has 1 amide bonds. The minimum Gasteiger partial charge on any atom is -0.327 e. The van der Waals surface area contributed by atoms with Crippen LogP contribution in [0.3, 0.4) is 0 Å². The summed E-state index contributed by atoms with van der Waals surface area (Å²) in [6, 6.07) is 16.4. The molecule has 0 radical (unpaired) electrons. The van der Waals surface area contributed by atoms with Gasteiger partial charge in [0.05, 0.1) is 24.1 Å². The van der Waals surface area contributed by atoms with Crippen molar-refractivity contribution in [2.24, 2.45) is 0 Å². The number of amides is 1. The SMILES string of the molecule is CCCn1c(CNCC(=O)N2CCCc3ccccc32)nc2ccccc21. The molecule has 1 aromatic heterocycles. The van der Waals surface area contributed by atoms with Crippen LogP contribution in [-0.4, -0.2) is 28.5 Å². The highest BCUT2D eigenvalue weighted by Gasteiger charge is 2.21. The number of anilines is 1. The largest absolute Gasteiger partial charge is 0.327 e. The lowest BCUT2D eigenvalue weighted by Gasteiger charge is -2.29. The highest BCUT2D eigenvalue weighted by atomic mass is 16.2. The van der Waals surface area contributed by atoms with Gasteiger partial charge in [-0.15, -0.1) is 0 Å². The first-order chi connectivity index (χ1) is 13.3. The number of carbonyl (C=O) groups excluding carboxylic acids is 1. The molecule has 27 heavy (non-hydrogen) atoms. The Morgan fingerprint density at radius 3 is 2.85 bits per heavy atom. The number of carbonyl (C=O) groups is 1. The molecule has 2 heterocycles. The maximum absolute atomic E-state index is 12.8. The molecule has 3 aromatic rings. The van der Waals surface area contributed by atoms with Gasteiger partial charge in [-0.1, -0.05) is 37.3 Å². The van der Waals surface area contributed by atoms with Crippen molar-refractivity contribution in [1.29, 1.82) is 0 Å². The number of rotatable bonds is 6. The third-order valence-corrected chi connectivity index (χ3v) is 5.15. The zero-order valence-corrected chi connectivity index (χ0v) is 15.8. The fourth-order valence-electron chi connectivity index (χ4n) is 3.90. The number of para-hydroxylation sites is 3. The van der Waals surface area contributed by atoms with E-state index in [1.165, 1.54) is 5.56 Å². The molecule has 0 saturated heterocycles. The Balaban J connectivity index is 1.44. The van der Waals surface area contributed by atoms with Gasteiger partial charge >= 0.3 is 0 Å². The Morgan fingerprint density at radius 2 is 1.96 bits per heavy atom. The molecule has 4 rings (SSSR count). The van der Waals surface area contributed by atoms with E-state index in [2.05, 4.69) is 28.9 Å². The number of nitrogens with zero attached hydrogens (tertiary/aromatic N) is 3. The summed E-state index contributed by atoms with van der Waals surface area (Å²) >= 11 is 0. The molecule has 0 spiro atoms. The van der Waals surface area contributed by atoms with E-state index in [-0.39, 0.29) is 5.91 Å². The van der Waals surface area contributed by atoms with Crippen LogP contribution in [0.15, 0.2) is 48.5 Å². The van der Waals surface area contributed by atoms with Crippen LogP contribution in [0, 0.1) is 0 Å². The van der Waals surface area contributed by atoms with Crippen LogP contribution < -0.4 is 10.2 Å². The number of imidazole rings is 1. The second-order valence-electron chi connectivity index (χ2n) is 7.05. The monoisotopic (exact) mass is 362 g/mol. The van der Waals surface area contributed by atoms with Gasteiger partial charge in [-0.05, 0) is 43.0 Å². The second-order valence-corrected chi connectivity index (χ2v) is 7.05. The quantitative estimate of drug-likeness (QED) is 0.730. The fraction of sp³-hybridized carbons (Fsp3) is 0.364. The van der Waals surface area contributed by atoms with Gasteiger partial charge in [-0.2, -0.15) is 0 Å². The molecule has 2 aromatic carbocycles. The minimum atomic E-state index is 0.125. The number of nitrogens with one attached hydrogen (secondary N) is 1. The van der Waals surface area contributed by atoms with Gasteiger partial charge in [0.2, 0.25) is 5.91 Å². The highest BCUT2D eigenvalue weighted by Crippen LogP contribution is 2.26. The van der Waals surface area contributed by atoms with Crippen molar-refractivity contribution in [2.45, 2.75) is 39.3 Å². The lowest BCUT2D eigenvalue weighted by Crippen LogP contribution is -2.41. The predicted molar refractivity (Wildman–Crippen MR) is 109 cm³/mol. The molecule has 0 atom stereocenters. The Kier molecular flexibility index (Phi) is 5.21. The van der Waals surface area contributed by atoms with Crippen LogP contribution in [0.25, 0.3) is 11.0 Å². The van der Waals surface area contributed by atoms with Gasteiger partial charge in [0.25, 0.3) is 0 Å². The van der Waals surface area contributed by atoms with E-state index in [1.807, 2.05) is 41.3 Å². The third kappa shape index (κ3) is 3.60. The number of fused-ring (bicyclic) bond motifs is 2. The first-order valence-electron chi connectivity index (χ1n) is 9.81. The molecule has 5 nitrogen and oxygen atoms in total. The van der Waals surface area contributed by atoms with Crippen molar-refractivity contribution < 1.29 is 4.79 Å². The molecule has 0 unspecified atom stereocenters. The second kappa shape index (κ2) is 7.92. The summed E-state index contributed by atoms with van der Waals surface area (Å²) in [5.74, 6) is 1.12. The number of aryl methyl sites for hydroxylation is 2.